The van der Waals surface area contributed by atoms with Gasteiger partial charge in [0.05, 0.1) is 5.56 Å². The van der Waals surface area contributed by atoms with Gasteiger partial charge in [-0.05, 0) is 80.5 Å². The van der Waals surface area contributed by atoms with E-state index < -0.39 is 11.7 Å². The molecule has 35 heavy (non-hydrogen) atoms. The number of piperidine rings is 1. The van der Waals surface area contributed by atoms with Crippen LogP contribution < -0.4 is 10.2 Å². The van der Waals surface area contributed by atoms with Crippen LogP contribution in [0.25, 0.3) is 0 Å². The van der Waals surface area contributed by atoms with Crippen molar-refractivity contribution >= 4 is 23.1 Å². The van der Waals surface area contributed by atoms with E-state index in [0.717, 1.165) is 60.8 Å². The first kappa shape index (κ1) is 24.8. The van der Waals surface area contributed by atoms with Gasteiger partial charge in [0.15, 0.2) is 0 Å². The molecule has 0 radical (unpaired) electrons. The molecule has 2 aromatic carbocycles. The van der Waals surface area contributed by atoms with Crippen molar-refractivity contribution in [2.45, 2.75) is 80.9 Å². The Morgan fingerprint density at radius 3 is 2.49 bits per heavy atom. The van der Waals surface area contributed by atoms with Crippen molar-refractivity contribution in [3.05, 3.63) is 47.0 Å². The highest BCUT2D eigenvalue weighted by Crippen LogP contribution is 2.47. The average molecular weight is 504 g/mol. The topological polar surface area (TPSA) is 18.5 Å². The van der Waals surface area contributed by atoms with E-state index in [4.69, 9.17) is 0 Å². The van der Waals surface area contributed by atoms with Crippen LogP contribution in [-0.4, -0.2) is 43.2 Å². The second-order valence-electron chi connectivity index (χ2n) is 10.7. The normalized spacial score (nSPS) is 23.3. The summed E-state index contributed by atoms with van der Waals surface area (Å²) in [7, 11) is 0. The fourth-order valence-corrected chi connectivity index (χ4v) is 7.16. The summed E-state index contributed by atoms with van der Waals surface area (Å²) in [6, 6.07) is 9.95. The van der Waals surface area contributed by atoms with Crippen molar-refractivity contribution in [2.24, 2.45) is 5.92 Å². The molecule has 0 aromatic heterocycles. The Balaban J connectivity index is 1.42. The summed E-state index contributed by atoms with van der Waals surface area (Å²) in [5, 5.41) is 3.53. The lowest BCUT2D eigenvalue weighted by atomic mass is 9.97. The smallest absolute Gasteiger partial charge is 0.382 e. The number of halogens is 3. The molecule has 2 atom stereocenters. The van der Waals surface area contributed by atoms with Crippen LogP contribution in [0.4, 0.5) is 24.5 Å². The number of nitrogens with zero attached hydrogens (tertiary/aromatic N) is 2. The second-order valence-corrected chi connectivity index (χ2v) is 11.8. The highest BCUT2D eigenvalue weighted by Gasteiger charge is 2.34. The zero-order valence-electron chi connectivity index (χ0n) is 20.9. The van der Waals surface area contributed by atoms with Crippen molar-refractivity contribution in [1.29, 1.82) is 0 Å². The van der Waals surface area contributed by atoms with Gasteiger partial charge < -0.3 is 15.1 Å². The van der Waals surface area contributed by atoms with Crippen molar-refractivity contribution in [2.75, 3.05) is 36.4 Å². The summed E-state index contributed by atoms with van der Waals surface area (Å²) in [5.41, 5.74) is 3.49. The molecule has 5 rings (SSSR count). The Morgan fingerprint density at radius 1 is 1.06 bits per heavy atom. The van der Waals surface area contributed by atoms with Crippen LogP contribution in [0, 0.1) is 5.92 Å². The molecule has 1 N–H and O–H groups in total. The molecule has 2 aromatic rings. The number of rotatable bonds is 5. The number of nitrogens with one attached hydrogen (secondary N) is 1. The van der Waals surface area contributed by atoms with Crippen molar-refractivity contribution < 1.29 is 13.2 Å². The van der Waals surface area contributed by atoms with Gasteiger partial charge in [0.1, 0.15) is 0 Å². The Morgan fingerprint density at radius 2 is 1.83 bits per heavy atom. The van der Waals surface area contributed by atoms with Gasteiger partial charge in [-0.25, -0.2) is 0 Å². The minimum atomic E-state index is -4.36. The van der Waals surface area contributed by atoms with E-state index in [2.05, 4.69) is 54.1 Å². The Bertz CT molecular complexity index is 1060. The van der Waals surface area contributed by atoms with Gasteiger partial charge in [0, 0.05) is 59.3 Å². The Kier molecular flexibility index (Phi) is 7.01. The maximum atomic E-state index is 13.8. The number of hydrogen-bond donors (Lipinski definition) is 1. The number of alkyl halides is 3. The molecule has 2 unspecified atom stereocenters. The largest absolute Gasteiger partial charge is 0.416 e. The first-order chi connectivity index (χ1) is 16.7. The van der Waals surface area contributed by atoms with Gasteiger partial charge in [-0.3, -0.25) is 0 Å². The highest BCUT2D eigenvalue weighted by atomic mass is 32.2. The number of likely N-dealkylation sites (tertiary alicyclic amines) is 1. The second kappa shape index (κ2) is 9.89. The molecule has 0 bridgehead atoms. The third-order valence-electron chi connectivity index (χ3n) is 7.78. The molecule has 2 fully saturated rings. The molecule has 3 aliphatic rings. The minimum absolute atomic E-state index is 0.211. The third-order valence-corrected chi connectivity index (χ3v) is 8.96. The average Bonchev–Trinajstić information content (AvgIpc) is 3.16. The summed E-state index contributed by atoms with van der Waals surface area (Å²) >= 11 is 1.50. The number of hydrogen-bond acceptors (Lipinski definition) is 4. The van der Waals surface area contributed by atoms with Gasteiger partial charge in [0.2, 0.25) is 0 Å². The SMILES string of the molecule is CCCN1CCC(Nc2cc(C(F)(F)F)cc3c2Cc2ccc(N4CC(C)CC4C)cc2S3)CC1. The molecule has 3 heterocycles. The molecule has 0 aliphatic carbocycles. The van der Waals surface area contributed by atoms with Crippen LogP contribution in [0.3, 0.4) is 0 Å². The number of benzene rings is 2. The van der Waals surface area contributed by atoms with Crippen LogP contribution in [0.2, 0.25) is 0 Å². The van der Waals surface area contributed by atoms with Crippen LogP contribution in [0.1, 0.15) is 63.1 Å². The predicted octanol–water partition coefficient (Wildman–Crippen LogP) is 7.28. The third kappa shape index (κ3) is 5.31. The molecule has 2 saturated heterocycles. The zero-order chi connectivity index (χ0) is 24.7. The molecule has 3 aliphatic heterocycles. The molecular weight excluding hydrogens is 467 g/mol. The molecular formula is C28H36F3N3S. The molecule has 7 heteroatoms. The van der Waals surface area contributed by atoms with E-state index in [0.29, 0.717) is 24.1 Å². The Hall–Kier alpha value is -1.86. The minimum Gasteiger partial charge on any atom is -0.382 e. The van der Waals surface area contributed by atoms with Gasteiger partial charge >= 0.3 is 6.18 Å². The van der Waals surface area contributed by atoms with E-state index >= 15 is 0 Å². The lowest BCUT2D eigenvalue weighted by Gasteiger charge is -2.34. The molecule has 0 spiro atoms. The number of fused-ring (bicyclic) bond motifs is 2. The standard InChI is InChI=1S/C28H36F3N3S/c1-4-9-33-10-7-22(8-11-33)32-25-14-21(28(29,30)31)15-27-24(25)13-20-5-6-23(16-26(20)35-27)34-17-18(2)12-19(34)3/h5-6,14-16,18-19,22,32H,4,7-13,17H2,1-3H3. The maximum absolute atomic E-state index is 13.8. The fraction of sp³-hybridized carbons (Fsp3) is 0.571. The van der Waals surface area contributed by atoms with Crippen LogP contribution in [0.15, 0.2) is 40.1 Å². The van der Waals surface area contributed by atoms with Crippen LogP contribution in [0.5, 0.6) is 0 Å². The van der Waals surface area contributed by atoms with Gasteiger partial charge in [0.25, 0.3) is 0 Å². The van der Waals surface area contributed by atoms with E-state index in [1.54, 1.807) is 0 Å². The van der Waals surface area contributed by atoms with Gasteiger partial charge in [-0.1, -0.05) is 31.7 Å². The summed E-state index contributed by atoms with van der Waals surface area (Å²) in [6.07, 6.45) is 0.537. The quantitative estimate of drug-likeness (QED) is 0.394. The first-order valence-corrected chi connectivity index (χ1v) is 13.8. The molecule has 0 amide bonds. The van der Waals surface area contributed by atoms with E-state index in [1.807, 2.05) is 0 Å². The molecule has 3 nitrogen and oxygen atoms in total. The van der Waals surface area contributed by atoms with E-state index in [-0.39, 0.29) is 6.04 Å². The summed E-state index contributed by atoms with van der Waals surface area (Å²) in [4.78, 5) is 6.70. The predicted molar refractivity (Wildman–Crippen MR) is 139 cm³/mol. The van der Waals surface area contributed by atoms with E-state index in [9.17, 15) is 13.2 Å². The first-order valence-electron chi connectivity index (χ1n) is 13.0. The van der Waals surface area contributed by atoms with Gasteiger partial charge in [-0.15, -0.1) is 0 Å². The zero-order valence-corrected chi connectivity index (χ0v) is 21.7. The lowest BCUT2D eigenvalue weighted by Crippen LogP contribution is -2.39. The maximum Gasteiger partial charge on any atom is 0.416 e. The van der Waals surface area contributed by atoms with Crippen molar-refractivity contribution in [1.82, 2.24) is 4.90 Å². The Labute approximate surface area is 211 Å². The van der Waals surface area contributed by atoms with Crippen molar-refractivity contribution in [3.63, 3.8) is 0 Å². The van der Waals surface area contributed by atoms with Gasteiger partial charge in [-0.2, -0.15) is 13.2 Å². The van der Waals surface area contributed by atoms with Crippen LogP contribution in [-0.2, 0) is 12.6 Å². The van der Waals surface area contributed by atoms with Crippen LogP contribution >= 0.6 is 11.8 Å². The molecule has 0 saturated carbocycles. The monoisotopic (exact) mass is 503 g/mol. The summed E-state index contributed by atoms with van der Waals surface area (Å²) < 4.78 is 41.5. The summed E-state index contributed by atoms with van der Waals surface area (Å²) in [5.74, 6) is 0.659. The van der Waals surface area contributed by atoms with Crippen molar-refractivity contribution in [3.8, 4) is 0 Å². The highest BCUT2D eigenvalue weighted by molar-refractivity contribution is 7.99. The van der Waals surface area contributed by atoms with E-state index in [1.165, 1.54) is 41.6 Å². The lowest BCUT2D eigenvalue weighted by molar-refractivity contribution is -0.137. The number of anilines is 2. The summed E-state index contributed by atoms with van der Waals surface area (Å²) in [6.45, 7) is 10.8. The molecule has 190 valence electrons. The fourth-order valence-electron chi connectivity index (χ4n) is 5.98.